The lowest BCUT2D eigenvalue weighted by Gasteiger charge is -2.04. The topological polar surface area (TPSA) is 17.1 Å². The van der Waals surface area contributed by atoms with Gasteiger partial charge in [-0.3, -0.25) is 4.79 Å². The van der Waals surface area contributed by atoms with Gasteiger partial charge in [-0.05, 0) is 36.1 Å². The SMILES string of the molecule is O=C1CCc2cc(F)c(F)cc2CC1. The van der Waals surface area contributed by atoms with E-state index in [0.29, 0.717) is 25.7 Å². The van der Waals surface area contributed by atoms with Crippen LogP contribution in [0.2, 0.25) is 0 Å². The van der Waals surface area contributed by atoms with E-state index in [1.807, 2.05) is 0 Å². The Kier molecular flexibility index (Phi) is 2.32. The first-order valence-corrected chi connectivity index (χ1v) is 4.65. The molecule has 2 rings (SSSR count). The predicted octanol–water partition coefficient (Wildman–Crippen LogP) is 2.41. The number of rotatable bonds is 0. The number of carbonyl (C=O) groups is 1. The minimum absolute atomic E-state index is 0.169. The standard InChI is InChI=1S/C11H10F2O/c12-10-5-7-1-3-9(14)4-2-8(7)6-11(10)13/h5-6H,1-4H2. The van der Waals surface area contributed by atoms with Crippen LogP contribution in [0, 0.1) is 11.6 Å². The van der Waals surface area contributed by atoms with Crippen molar-refractivity contribution < 1.29 is 13.6 Å². The highest BCUT2D eigenvalue weighted by atomic mass is 19.2. The highest BCUT2D eigenvalue weighted by Gasteiger charge is 2.15. The van der Waals surface area contributed by atoms with E-state index in [1.54, 1.807) is 0 Å². The van der Waals surface area contributed by atoms with Crippen molar-refractivity contribution in [3.05, 3.63) is 34.9 Å². The molecule has 0 aromatic heterocycles. The van der Waals surface area contributed by atoms with Crippen molar-refractivity contribution >= 4 is 5.78 Å². The van der Waals surface area contributed by atoms with Crippen molar-refractivity contribution in [1.29, 1.82) is 0 Å². The predicted molar refractivity (Wildman–Crippen MR) is 48.0 cm³/mol. The Morgan fingerprint density at radius 3 is 1.71 bits per heavy atom. The quantitative estimate of drug-likeness (QED) is 0.582. The molecule has 1 aromatic carbocycles. The second-order valence-corrected chi connectivity index (χ2v) is 3.57. The maximum absolute atomic E-state index is 12.9. The van der Waals surface area contributed by atoms with Gasteiger partial charge in [0.1, 0.15) is 5.78 Å². The van der Waals surface area contributed by atoms with Gasteiger partial charge in [0, 0.05) is 12.8 Å². The third-order valence-electron chi connectivity index (χ3n) is 2.59. The Hall–Kier alpha value is -1.25. The lowest BCUT2D eigenvalue weighted by molar-refractivity contribution is -0.118. The second-order valence-electron chi connectivity index (χ2n) is 3.57. The first-order valence-electron chi connectivity index (χ1n) is 4.65. The van der Waals surface area contributed by atoms with Gasteiger partial charge in [0.05, 0.1) is 0 Å². The number of carbonyl (C=O) groups excluding carboxylic acids is 1. The van der Waals surface area contributed by atoms with Crippen molar-refractivity contribution in [2.75, 3.05) is 0 Å². The Morgan fingerprint density at radius 1 is 0.857 bits per heavy atom. The number of halogens is 2. The van der Waals surface area contributed by atoms with Crippen LogP contribution < -0.4 is 0 Å². The molecule has 0 N–H and O–H groups in total. The number of aryl methyl sites for hydroxylation is 2. The van der Waals surface area contributed by atoms with Crippen molar-refractivity contribution in [2.45, 2.75) is 25.7 Å². The molecular weight excluding hydrogens is 186 g/mol. The monoisotopic (exact) mass is 196 g/mol. The molecule has 0 atom stereocenters. The molecule has 0 bridgehead atoms. The van der Waals surface area contributed by atoms with Crippen molar-refractivity contribution in [3.8, 4) is 0 Å². The number of benzene rings is 1. The molecule has 14 heavy (non-hydrogen) atoms. The third kappa shape index (κ3) is 1.67. The highest BCUT2D eigenvalue weighted by Crippen LogP contribution is 2.21. The summed E-state index contributed by atoms with van der Waals surface area (Å²) in [6, 6.07) is 2.42. The Morgan fingerprint density at radius 2 is 1.29 bits per heavy atom. The summed E-state index contributed by atoms with van der Waals surface area (Å²) in [4.78, 5) is 11.1. The molecule has 3 heteroatoms. The molecule has 1 aliphatic carbocycles. The van der Waals surface area contributed by atoms with Gasteiger partial charge in [0.25, 0.3) is 0 Å². The second kappa shape index (κ2) is 3.48. The summed E-state index contributed by atoms with van der Waals surface area (Å²) in [6.07, 6.45) is 1.95. The third-order valence-corrected chi connectivity index (χ3v) is 2.59. The van der Waals surface area contributed by atoms with E-state index < -0.39 is 11.6 Å². The number of ketones is 1. The van der Waals surface area contributed by atoms with Gasteiger partial charge in [-0.15, -0.1) is 0 Å². The van der Waals surface area contributed by atoms with E-state index in [-0.39, 0.29) is 5.78 Å². The van der Waals surface area contributed by atoms with Crippen LogP contribution in [0.15, 0.2) is 12.1 Å². The van der Waals surface area contributed by atoms with Gasteiger partial charge in [0.15, 0.2) is 11.6 Å². The summed E-state index contributed by atoms with van der Waals surface area (Å²) < 4.78 is 25.8. The summed E-state index contributed by atoms with van der Waals surface area (Å²) in [5.74, 6) is -1.47. The van der Waals surface area contributed by atoms with E-state index in [0.717, 1.165) is 11.1 Å². The summed E-state index contributed by atoms with van der Waals surface area (Å²) in [5, 5.41) is 0. The summed E-state index contributed by atoms with van der Waals surface area (Å²) >= 11 is 0. The highest BCUT2D eigenvalue weighted by molar-refractivity contribution is 5.79. The van der Waals surface area contributed by atoms with E-state index in [9.17, 15) is 13.6 Å². The average molecular weight is 196 g/mol. The summed E-state index contributed by atoms with van der Waals surface area (Å²) in [7, 11) is 0. The number of fused-ring (bicyclic) bond motifs is 1. The van der Waals surface area contributed by atoms with Gasteiger partial charge in [-0.25, -0.2) is 8.78 Å². The van der Waals surface area contributed by atoms with Crippen LogP contribution in [0.5, 0.6) is 0 Å². The van der Waals surface area contributed by atoms with Gasteiger partial charge in [0.2, 0.25) is 0 Å². The summed E-state index contributed by atoms with van der Waals surface area (Å²) in [6.45, 7) is 0. The fourth-order valence-electron chi connectivity index (χ4n) is 1.77. The molecule has 0 saturated carbocycles. The van der Waals surface area contributed by atoms with Gasteiger partial charge < -0.3 is 0 Å². The minimum atomic E-state index is -0.821. The van der Waals surface area contributed by atoms with Crippen LogP contribution in [0.3, 0.4) is 0 Å². The largest absolute Gasteiger partial charge is 0.300 e. The number of hydrogen-bond acceptors (Lipinski definition) is 1. The molecule has 0 fully saturated rings. The van der Waals surface area contributed by atoms with E-state index >= 15 is 0 Å². The van der Waals surface area contributed by atoms with Crippen LogP contribution >= 0.6 is 0 Å². The zero-order valence-corrected chi connectivity index (χ0v) is 7.65. The molecule has 0 amide bonds. The molecule has 0 radical (unpaired) electrons. The molecule has 1 nitrogen and oxygen atoms in total. The first-order chi connectivity index (χ1) is 6.66. The maximum atomic E-state index is 12.9. The smallest absolute Gasteiger partial charge is 0.159 e. The van der Waals surface area contributed by atoms with E-state index in [2.05, 4.69) is 0 Å². The normalized spacial score (nSPS) is 16.3. The zero-order chi connectivity index (χ0) is 10.1. The zero-order valence-electron chi connectivity index (χ0n) is 7.65. The van der Waals surface area contributed by atoms with Crippen LogP contribution in [0.25, 0.3) is 0 Å². The maximum Gasteiger partial charge on any atom is 0.159 e. The van der Waals surface area contributed by atoms with Crippen molar-refractivity contribution in [1.82, 2.24) is 0 Å². The van der Waals surface area contributed by atoms with Crippen molar-refractivity contribution in [3.63, 3.8) is 0 Å². The van der Waals surface area contributed by atoms with E-state index in [4.69, 9.17) is 0 Å². The molecule has 1 aliphatic rings. The average Bonchev–Trinajstić information content (AvgIpc) is 2.31. The first kappa shape index (κ1) is 9.31. The molecule has 74 valence electrons. The fraction of sp³-hybridized carbons (Fsp3) is 0.364. The van der Waals surface area contributed by atoms with Crippen LogP contribution in [0.4, 0.5) is 8.78 Å². The molecule has 0 heterocycles. The van der Waals surface area contributed by atoms with Crippen LogP contribution in [-0.4, -0.2) is 5.78 Å². The van der Waals surface area contributed by atoms with Gasteiger partial charge in [-0.2, -0.15) is 0 Å². The number of hydrogen-bond donors (Lipinski definition) is 0. The molecule has 1 aromatic rings. The van der Waals surface area contributed by atoms with E-state index in [1.165, 1.54) is 12.1 Å². The fourth-order valence-corrected chi connectivity index (χ4v) is 1.77. The molecule has 0 saturated heterocycles. The Bertz CT molecular complexity index is 350. The molecule has 0 aliphatic heterocycles. The number of Topliss-reactive ketones (excluding diaryl/α,β-unsaturated/α-hetero) is 1. The molecule has 0 unspecified atom stereocenters. The lowest BCUT2D eigenvalue weighted by atomic mass is 10.0. The van der Waals surface area contributed by atoms with Gasteiger partial charge >= 0.3 is 0 Å². The van der Waals surface area contributed by atoms with Crippen LogP contribution in [0.1, 0.15) is 24.0 Å². The minimum Gasteiger partial charge on any atom is -0.300 e. The summed E-state index contributed by atoms with van der Waals surface area (Å²) in [5.41, 5.74) is 1.55. The Balaban J connectivity index is 2.41. The van der Waals surface area contributed by atoms with Crippen LogP contribution in [-0.2, 0) is 17.6 Å². The molecular formula is C11H10F2O. The van der Waals surface area contributed by atoms with Gasteiger partial charge in [-0.1, -0.05) is 0 Å². The van der Waals surface area contributed by atoms with Crippen molar-refractivity contribution in [2.24, 2.45) is 0 Å². The molecule has 0 spiro atoms. The lowest BCUT2D eigenvalue weighted by Crippen LogP contribution is -1.95. The Labute approximate surface area is 80.7 Å².